The number of esters is 1. The lowest BCUT2D eigenvalue weighted by Crippen LogP contribution is -2.26. The third-order valence-corrected chi connectivity index (χ3v) is 2.49. The predicted molar refractivity (Wildman–Crippen MR) is 63.5 cm³/mol. The number of aliphatic imine (C=N–C) groups is 1. The molecule has 18 heavy (non-hydrogen) atoms. The van der Waals surface area contributed by atoms with E-state index in [2.05, 4.69) is 9.98 Å². The smallest absolute Gasteiger partial charge is 0.335 e. The highest BCUT2D eigenvalue weighted by molar-refractivity contribution is 5.80. The Labute approximate surface area is 105 Å². The quantitative estimate of drug-likeness (QED) is 0.749. The Morgan fingerprint density at radius 3 is 3.06 bits per heavy atom. The molecule has 1 aromatic heterocycles. The maximum Gasteiger partial charge on any atom is 0.335 e. The molecule has 2 atom stereocenters. The van der Waals surface area contributed by atoms with Gasteiger partial charge in [-0.15, -0.1) is 0 Å². The van der Waals surface area contributed by atoms with E-state index in [1.807, 2.05) is 0 Å². The van der Waals surface area contributed by atoms with E-state index in [4.69, 9.17) is 14.2 Å². The molecule has 2 rings (SSSR count). The maximum absolute atomic E-state index is 11.7. The average molecular weight is 250 g/mol. The van der Waals surface area contributed by atoms with Gasteiger partial charge in [-0.3, -0.25) is 0 Å². The van der Waals surface area contributed by atoms with Gasteiger partial charge in [-0.05, 0) is 13.0 Å². The number of hydrogen-bond donors (Lipinski definition) is 0. The Hall–Kier alpha value is -2.11. The summed E-state index contributed by atoms with van der Waals surface area (Å²) in [5.41, 5.74) is 0.588. The first kappa shape index (κ1) is 12.3. The number of carbonyl (C=O) groups is 1. The second kappa shape index (κ2) is 5.48. The summed E-state index contributed by atoms with van der Waals surface area (Å²) in [6, 6.07) is 4.56. The van der Waals surface area contributed by atoms with E-state index in [0.29, 0.717) is 18.2 Å². The average Bonchev–Trinajstić information content (AvgIpc) is 2.88. The van der Waals surface area contributed by atoms with Crippen LogP contribution in [0.15, 0.2) is 23.2 Å². The minimum Gasteiger partial charge on any atom is -0.481 e. The van der Waals surface area contributed by atoms with Crippen LogP contribution in [0.2, 0.25) is 0 Å². The van der Waals surface area contributed by atoms with Crippen molar-refractivity contribution in [2.24, 2.45) is 4.99 Å². The number of hydrogen-bond acceptors (Lipinski definition) is 6. The number of rotatable bonds is 4. The molecule has 0 aromatic carbocycles. The van der Waals surface area contributed by atoms with Gasteiger partial charge in [0.1, 0.15) is 0 Å². The molecule has 2 heterocycles. The van der Waals surface area contributed by atoms with E-state index < -0.39 is 18.1 Å². The van der Waals surface area contributed by atoms with Gasteiger partial charge in [0.2, 0.25) is 5.88 Å². The molecule has 96 valence electrons. The molecule has 1 aliphatic rings. The molecule has 0 spiro atoms. The summed E-state index contributed by atoms with van der Waals surface area (Å²) in [5, 5.41) is 0. The van der Waals surface area contributed by atoms with E-state index in [-0.39, 0.29) is 0 Å². The Morgan fingerprint density at radius 2 is 2.33 bits per heavy atom. The zero-order chi connectivity index (χ0) is 13.0. The summed E-state index contributed by atoms with van der Waals surface area (Å²) < 4.78 is 15.3. The van der Waals surface area contributed by atoms with Crippen LogP contribution in [0, 0.1) is 0 Å². The van der Waals surface area contributed by atoms with Gasteiger partial charge in [-0.2, -0.15) is 0 Å². The minimum absolute atomic E-state index is 0.309. The van der Waals surface area contributed by atoms with Crippen LogP contribution in [-0.4, -0.2) is 37.1 Å². The largest absolute Gasteiger partial charge is 0.481 e. The standard InChI is InChI=1S/C12H14N2O4/c1-3-17-12(15)10-11(18-7-13-10)8-5-4-6-9(14-8)16-2/h4-7,10-11H,3H2,1-2H3/t10-,11-/m1/s1. The van der Waals surface area contributed by atoms with Crippen molar-refractivity contribution >= 4 is 12.4 Å². The topological polar surface area (TPSA) is 70.0 Å². The summed E-state index contributed by atoms with van der Waals surface area (Å²) in [4.78, 5) is 19.9. The van der Waals surface area contributed by atoms with Crippen molar-refractivity contribution in [1.82, 2.24) is 4.98 Å². The van der Waals surface area contributed by atoms with E-state index in [0.717, 1.165) is 0 Å². The summed E-state index contributed by atoms with van der Waals surface area (Å²) in [6.07, 6.45) is 0.701. The molecule has 0 aliphatic carbocycles. The number of ether oxygens (including phenoxy) is 3. The zero-order valence-corrected chi connectivity index (χ0v) is 10.2. The highest BCUT2D eigenvalue weighted by atomic mass is 16.5. The van der Waals surface area contributed by atoms with E-state index in [9.17, 15) is 4.79 Å². The van der Waals surface area contributed by atoms with E-state index in [1.54, 1.807) is 25.1 Å². The van der Waals surface area contributed by atoms with Crippen molar-refractivity contribution in [3.8, 4) is 5.88 Å². The fourth-order valence-electron chi connectivity index (χ4n) is 1.67. The normalized spacial score (nSPS) is 21.4. The van der Waals surface area contributed by atoms with E-state index >= 15 is 0 Å². The van der Waals surface area contributed by atoms with Gasteiger partial charge in [0.05, 0.1) is 19.4 Å². The minimum atomic E-state index is -0.704. The number of aromatic nitrogens is 1. The molecule has 0 saturated carbocycles. The number of pyridine rings is 1. The molecule has 0 bridgehead atoms. The molecular weight excluding hydrogens is 236 g/mol. The zero-order valence-electron chi connectivity index (χ0n) is 10.2. The lowest BCUT2D eigenvalue weighted by molar-refractivity contribution is -0.146. The van der Waals surface area contributed by atoms with E-state index in [1.165, 1.54) is 13.5 Å². The molecule has 0 radical (unpaired) electrons. The van der Waals surface area contributed by atoms with Gasteiger partial charge in [0.25, 0.3) is 0 Å². The van der Waals surface area contributed by atoms with Crippen LogP contribution >= 0.6 is 0 Å². The van der Waals surface area contributed by atoms with Gasteiger partial charge in [-0.25, -0.2) is 14.8 Å². The van der Waals surface area contributed by atoms with Crippen molar-refractivity contribution in [2.75, 3.05) is 13.7 Å². The van der Waals surface area contributed by atoms with Crippen molar-refractivity contribution in [1.29, 1.82) is 0 Å². The third kappa shape index (κ3) is 2.42. The molecule has 0 unspecified atom stereocenters. The van der Waals surface area contributed by atoms with Gasteiger partial charge in [0.15, 0.2) is 18.5 Å². The first-order chi connectivity index (χ1) is 8.76. The van der Waals surface area contributed by atoms with Crippen LogP contribution in [0.4, 0.5) is 0 Å². The predicted octanol–water partition coefficient (Wildman–Crippen LogP) is 1.12. The number of methoxy groups -OCH3 is 1. The van der Waals surface area contributed by atoms with Gasteiger partial charge < -0.3 is 14.2 Å². The first-order valence-corrected chi connectivity index (χ1v) is 5.61. The van der Waals surface area contributed by atoms with Gasteiger partial charge in [0, 0.05) is 6.07 Å². The number of carbonyl (C=O) groups excluding carboxylic acids is 1. The first-order valence-electron chi connectivity index (χ1n) is 5.61. The Balaban J connectivity index is 2.19. The lowest BCUT2D eigenvalue weighted by atomic mass is 10.1. The second-order valence-electron chi connectivity index (χ2n) is 3.61. The Kier molecular flexibility index (Phi) is 3.76. The Bertz CT molecular complexity index is 461. The highest BCUT2D eigenvalue weighted by Gasteiger charge is 2.36. The molecular formula is C12H14N2O4. The van der Waals surface area contributed by atoms with Crippen LogP contribution in [-0.2, 0) is 14.3 Å². The molecule has 6 nitrogen and oxygen atoms in total. The van der Waals surface area contributed by atoms with Crippen LogP contribution in [0.3, 0.4) is 0 Å². The molecule has 0 amide bonds. The van der Waals surface area contributed by atoms with Crippen molar-refractivity contribution in [3.05, 3.63) is 23.9 Å². The molecule has 0 N–H and O–H groups in total. The van der Waals surface area contributed by atoms with Crippen LogP contribution in [0.25, 0.3) is 0 Å². The fraction of sp³-hybridized carbons (Fsp3) is 0.417. The van der Waals surface area contributed by atoms with Crippen molar-refractivity contribution < 1.29 is 19.0 Å². The third-order valence-electron chi connectivity index (χ3n) is 2.49. The maximum atomic E-state index is 11.7. The lowest BCUT2D eigenvalue weighted by Gasteiger charge is -2.15. The molecule has 1 aliphatic heterocycles. The summed E-state index contributed by atoms with van der Waals surface area (Å²) in [7, 11) is 1.53. The second-order valence-corrected chi connectivity index (χ2v) is 3.61. The van der Waals surface area contributed by atoms with Crippen molar-refractivity contribution in [3.63, 3.8) is 0 Å². The molecule has 0 fully saturated rings. The summed E-state index contributed by atoms with van der Waals surface area (Å²) in [5.74, 6) is 0.0477. The number of nitrogens with zero attached hydrogens (tertiary/aromatic N) is 2. The fourth-order valence-corrected chi connectivity index (χ4v) is 1.67. The highest BCUT2D eigenvalue weighted by Crippen LogP contribution is 2.27. The monoisotopic (exact) mass is 250 g/mol. The molecule has 1 aromatic rings. The molecule has 0 saturated heterocycles. The van der Waals surface area contributed by atoms with Crippen LogP contribution < -0.4 is 4.74 Å². The SMILES string of the molecule is CCOC(=O)[C@@H]1N=CO[C@@H]1c1cccc(OC)n1. The van der Waals surface area contributed by atoms with Crippen molar-refractivity contribution in [2.45, 2.75) is 19.1 Å². The molecule has 6 heteroatoms. The van der Waals surface area contributed by atoms with Gasteiger partial charge >= 0.3 is 5.97 Å². The van der Waals surface area contributed by atoms with Crippen LogP contribution in [0.1, 0.15) is 18.7 Å². The van der Waals surface area contributed by atoms with Gasteiger partial charge in [-0.1, -0.05) is 6.07 Å². The summed E-state index contributed by atoms with van der Waals surface area (Å²) >= 11 is 0. The summed E-state index contributed by atoms with van der Waals surface area (Å²) in [6.45, 7) is 2.05. The Morgan fingerprint density at radius 1 is 1.50 bits per heavy atom. The van der Waals surface area contributed by atoms with Crippen LogP contribution in [0.5, 0.6) is 5.88 Å².